The van der Waals surface area contributed by atoms with Crippen molar-refractivity contribution in [3.05, 3.63) is 35.5 Å². The molecule has 1 aromatic heterocycles. The minimum absolute atomic E-state index is 0.0218. The number of amides is 2. The first kappa shape index (κ1) is 18.5. The van der Waals surface area contributed by atoms with Crippen LogP contribution < -0.4 is 10.6 Å². The highest BCUT2D eigenvalue weighted by atomic mass is 19.1. The normalized spacial score (nSPS) is 10.8. The van der Waals surface area contributed by atoms with E-state index in [0.717, 1.165) is 6.07 Å². The van der Waals surface area contributed by atoms with Crippen molar-refractivity contribution in [2.75, 3.05) is 10.6 Å². The summed E-state index contributed by atoms with van der Waals surface area (Å²) in [6.07, 6.45) is 0.166. The molecule has 1 aromatic carbocycles. The molecule has 0 atom stereocenters. The number of aryl methyl sites for hydroxylation is 1. The highest BCUT2D eigenvalue weighted by molar-refractivity contribution is 5.93. The molecule has 2 amide bonds. The predicted octanol–water partition coefficient (Wildman–Crippen LogP) is 3.00. The van der Waals surface area contributed by atoms with E-state index < -0.39 is 23.4 Å². The molecule has 9 heteroatoms. The van der Waals surface area contributed by atoms with Crippen LogP contribution in [0.15, 0.2) is 16.7 Å². The Kier molecular flexibility index (Phi) is 5.79. The number of carbonyl (C=O) groups excluding carboxylic acids is 2. The van der Waals surface area contributed by atoms with Crippen LogP contribution in [0.4, 0.5) is 20.2 Å². The van der Waals surface area contributed by atoms with Gasteiger partial charge in [0.1, 0.15) is 11.6 Å². The van der Waals surface area contributed by atoms with Crippen LogP contribution in [0.5, 0.6) is 0 Å². The molecule has 0 bridgehead atoms. The summed E-state index contributed by atoms with van der Waals surface area (Å²) < 4.78 is 32.4. The van der Waals surface area contributed by atoms with Crippen LogP contribution in [0.25, 0.3) is 0 Å². The summed E-state index contributed by atoms with van der Waals surface area (Å²) >= 11 is 0. The lowest BCUT2D eigenvalue weighted by Gasteiger charge is -2.10. The standard InChI is InChI=1S/C16H18F2N4O3/c1-8(2)16-21-15(25-22-16)5-4-14(24)20-13-7-12(19-9(3)23)10(17)6-11(13)18/h6-8H,4-5H2,1-3H3,(H,19,23)(H,20,24). The van der Waals surface area contributed by atoms with Crippen molar-refractivity contribution in [2.45, 2.75) is 39.5 Å². The molecule has 2 rings (SSSR count). The van der Waals surface area contributed by atoms with E-state index in [2.05, 4.69) is 20.8 Å². The quantitative estimate of drug-likeness (QED) is 0.833. The molecule has 0 aliphatic rings. The van der Waals surface area contributed by atoms with Gasteiger partial charge in [-0.1, -0.05) is 19.0 Å². The van der Waals surface area contributed by atoms with Crippen molar-refractivity contribution < 1.29 is 22.9 Å². The molecule has 0 saturated heterocycles. The Balaban J connectivity index is 2.00. The zero-order chi connectivity index (χ0) is 18.6. The molecule has 134 valence electrons. The van der Waals surface area contributed by atoms with Gasteiger partial charge in [0.25, 0.3) is 0 Å². The molecule has 25 heavy (non-hydrogen) atoms. The van der Waals surface area contributed by atoms with Gasteiger partial charge < -0.3 is 15.2 Å². The number of nitrogens with zero attached hydrogens (tertiary/aromatic N) is 2. The highest BCUT2D eigenvalue weighted by Crippen LogP contribution is 2.23. The van der Waals surface area contributed by atoms with Crippen molar-refractivity contribution in [3.63, 3.8) is 0 Å². The first-order chi connectivity index (χ1) is 11.8. The number of carbonyl (C=O) groups is 2. The molecular weight excluding hydrogens is 334 g/mol. The maximum Gasteiger partial charge on any atom is 0.227 e. The number of halogens is 2. The van der Waals surface area contributed by atoms with Crippen LogP contribution in [0.3, 0.4) is 0 Å². The third-order valence-electron chi connectivity index (χ3n) is 3.21. The van der Waals surface area contributed by atoms with Crippen LogP contribution in [0.1, 0.15) is 44.8 Å². The Morgan fingerprint density at radius 1 is 1.16 bits per heavy atom. The molecular formula is C16H18F2N4O3. The van der Waals surface area contributed by atoms with Crippen molar-refractivity contribution in [2.24, 2.45) is 0 Å². The van der Waals surface area contributed by atoms with Gasteiger partial charge in [0.05, 0.1) is 11.4 Å². The van der Waals surface area contributed by atoms with Gasteiger partial charge in [-0.3, -0.25) is 9.59 Å². The Morgan fingerprint density at radius 3 is 2.36 bits per heavy atom. The molecule has 1 heterocycles. The summed E-state index contributed by atoms with van der Waals surface area (Å²) in [6, 6.07) is 1.61. The highest BCUT2D eigenvalue weighted by Gasteiger charge is 2.15. The second kappa shape index (κ2) is 7.82. The van der Waals surface area contributed by atoms with Crippen LogP contribution in [0.2, 0.25) is 0 Å². The molecule has 7 nitrogen and oxygen atoms in total. The van der Waals surface area contributed by atoms with Crippen LogP contribution in [-0.2, 0) is 16.0 Å². The summed E-state index contributed by atoms with van der Waals surface area (Å²) in [6.45, 7) is 5.01. The van der Waals surface area contributed by atoms with Gasteiger partial charge in [0.15, 0.2) is 5.82 Å². The van der Waals surface area contributed by atoms with Gasteiger partial charge in [-0.25, -0.2) is 8.78 Å². The van der Waals surface area contributed by atoms with E-state index in [4.69, 9.17) is 4.52 Å². The van der Waals surface area contributed by atoms with E-state index in [0.29, 0.717) is 17.8 Å². The van der Waals surface area contributed by atoms with Gasteiger partial charge in [-0.05, 0) is 6.07 Å². The predicted molar refractivity (Wildman–Crippen MR) is 86.0 cm³/mol. The maximum atomic E-state index is 13.8. The van der Waals surface area contributed by atoms with Gasteiger partial charge in [0.2, 0.25) is 17.7 Å². The van der Waals surface area contributed by atoms with E-state index >= 15 is 0 Å². The van der Waals surface area contributed by atoms with E-state index in [9.17, 15) is 18.4 Å². The summed E-state index contributed by atoms with van der Waals surface area (Å²) in [5.41, 5.74) is -0.453. The third-order valence-corrected chi connectivity index (χ3v) is 3.21. The maximum absolute atomic E-state index is 13.8. The fourth-order valence-corrected chi connectivity index (χ4v) is 1.97. The van der Waals surface area contributed by atoms with Gasteiger partial charge >= 0.3 is 0 Å². The second-order valence-corrected chi connectivity index (χ2v) is 5.74. The summed E-state index contributed by atoms with van der Waals surface area (Å²) in [7, 11) is 0. The van der Waals surface area contributed by atoms with E-state index in [1.807, 2.05) is 13.8 Å². The summed E-state index contributed by atoms with van der Waals surface area (Å²) in [5, 5.41) is 8.33. The zero-order valence-corrected chi connectivity index (χ0v) is 14.0. The minimum Gasteiger partial charge on any atom is -0.339 e. The van der Waals surface area contributed by atoms with Gasteiger partial charge in [0, 0.05) is 31.7 Å². The zero-order valence-electron chi connectivity index (χ0n) is 14.0. The molecule has 0 saturated carbocycles. The Bertz CT molecular complexity index is 790. The third kappa shape index (κ3) is 5.07. The summed E-state index contributed by atoms with van der Waals surface area (Å²) in [5.74, 6) is -1.95. The largest absolute Gasteiger partial charge is 0.339 e. The number of hydrogen-bond acceptors (Lipinski definition) is 5. The van der Waals surface area contributed by atoms with Gasteiger partial charge in [-0.2, -0.15) is 4.98 Å². The molecule has 2 aromatic rings. The Hall–Kier alpha value is -2.84. The fourth-order valence-electron chi connectivity index (χ4n) is 1.97. The van der Waals surface area contributed by atoms with Crippen molar-refractivity contribution in [1.29, 1.82) is 0 Å². The van der Waals surface area contributed by atoms with Gasteiger partial charge in [-0.15, -0.1) is 0 Å². The number of nitrogens with one attached hydrogen (secondary N) is 2. The number of benzene rings is 1. The van der Waals surface area contributed by atoms with Crippen molar-refractivity contribution in [1.82, 2.24) is 10.1 Å². The number of aromatic nitrogens is 2. The molecule has 0 aliphatic heterocycles. The molecule has 0 spiro atoms. The average Bonchev–Trinajstić information content (AvgIpc) is 2.99. The monoisotopic (exact) mass is 352 g/mol. The van der Waals surface area contributed by atoms with Crippen molar-refractivity contribution in [3.8, 4) is 0 Å². The molecule has 0 fully saturated rings. The lowest BCUT2D eigenvalue weighted by molar-refractivity contribution is -0.116. The van der Waals surface area contributed by atoms with Crippen LogP contribution in [0, 0.1) is 11.6 Å². The fraction of sp³-hybridized carbons (Fsp3) is 0.375. The number of hydrogen-bond donors (Lipinski definition) is 2. The molecule has 0 aliphatic carbocycles. The minimum atomic E-state index is -0.945. The van der Waals surface area contributed by atoms with Crippen LogP contribution >= 0.6 is 0 Å². The average molecular weight is 352 g/mol. The van der Waals surface area contributed by atoms with Crippen LogP contribution in [-0.4, -0.2) is 22.0 Å². The lowest BCUT2D eigenvalue weighted by atomic mass is 10.2. The topological polar surface area (TPSA) is 97.1 Å². The summed E-state index contributed by atoms with van der Waals surface area (Å²) in [4.78, 5) is 27.1. The number of rotatable bonds is 6. The van der Waals surface area contributed by atoms with E-state index in [1.54, 1.807) is 0 Å². The lowest BCUT2D eigenvalue weighted by Crippen LogP contribution is -2.15. The van der Waals surface area contributed by atoms with Crippen molar-refractivity contribution >= 4 is 23.2 Å². The molecule has 2 N–H and O–H groups in total. The van der Waals surface area contributed by atoms with E-state index in [1.165, 1.54) is 6.92 Å². The smallest absolute Gasteiger partial charge is 0.227 e. The molecule has 0 unspecified atom stereocenters. The first-order valence-corrected chi connectivity index (χ1v) is 7.65. The molecule has 0 radical (unpaired) electrons. The Morgan fingerprint density at radius 2 is 1.80 bits per heavy atom. The van der Waals surface area contributed by atoms with E-state index in [-0.39, 0.29) is 30.1 Å². The SMILES string of the molecule is CC(=O)Nc1cc(NC(=O)CCc2nc(C(C)C)no2)c(F)cc1F. The first-order valence-electron chi connectivity index (χ1n) is 7.65. The second-order valence-electron chi connectivity index (χ2n) is 5.74. The number of anilines is 2. The Labute approximate surface area is 142 Å².